The lowest BCUT2D eigenvalue weighted by molar-refractivity contribution is 0.124. The molecule has 4 heteroatoms. The van der Waals surface area contributed by atoms with Gasteiger partial charge in [0.2, 0.25) is 11.8 Å². The maximum Gasteiger partial charge on any atom is 0.241 e. The Hall–Kier alpha value is -2.23. The van der Waals surface area contributed by atoms with E-state index in [-0.39, 0.29) is 5.60 Å². The number of nitrogens with two attached hydrogens (primary N) is 1. The van der Waals surface area contributed by atoms with E-state index in [1.54, 1.807) is 12.1 Å². The van der Waals surface area contributed by atoms with Gasteiger partial charge in [0.25, 0.3) is 0 Å². The van der Waals surface area contributed by atoms with Gasteiger partial charge in [-0.15, -0.1) is 0 Å². The van der Waals surface area contributed by atoms with Gasteiger partial charge in [0.1, 0.15) is 11.4 Å². The van der Waals surface area contributed by atoms with Crippen LogP contribution >= 0.6 is 0 Å². The Balaban J connectivity index is 2.31. The molecule has 0 radical (unpaired) electrons. The lowest BCUT2D eigenvalue weighted by Gasteiger charge is -2.21. The second-order valence-corrected chi connectivity index (χ2v) is 6.08. The summed E-state index contributed by atoms with van der Waals surface area (Å²) in [7, 11) is 0. The zero-order valence-electron chi connectivity index (χ0n) is 13.2. The second kappa shape index (κ2) is 5.64. The largest absolute Gasteiger partial charge is 0.470 e. The van der Waals surface area contributed by atoms with Crippen LogP contribution in [0.15, 0.2) is 30.3 Å². The standard InChI is InChI=1S/C17H22N2O2/c1-11-7-6-8-12(2)15(11)20-14-10-9-13(18)16(19-14)21-17(3,4)5/h6-10H,18H2,1-5H3. The summed E-state index contributed by atoms with van der Waals surface area (Å²) >= 11 is 0. The summed E-state index contributed by atoms with van der Waals surface area (Å²) in [6, 6.07) is 9.51. The van der Waals surface area contributed by atoms with Gasteiger partial charge < -0.3 is 15.2 Å². The van der Waals surface area contributed by atoms with E-state index in [0.29, 0.717) is 17.4 Å². The smallest absolute Gasteiger partial charge is 0.241 e. The number of aromatic nitrogens is 1. The molecule has 0 aliphatic carbocycles. The highest BCUT2D eigenvalue weighted by atomic mass is 16.5. The molecule has 1 heterocycles. The van der Waals surface area contributed by atoms with Gasteiger partial charge in [-0.1, -0.05) is 18.2 Å². The van der Waals surface area contributed by atoms with Gasteiger partial charge in [0.05, 0.1) is 5.69 Å². The molecule has 0 amide bonds. The maximum absolute atomic E-state index is 5.91. The summed E-state index contributed by atoms with van der Waals surface area (Å²) in [5, 5.41) is 0. The van der Waals surface area contributed by atoms with Crippen molar-refractivity contribution in [3.05, 3.63) is 41.5 Å². The van der Waals surface area contributed by atoms with Gasteiger partial charge in [-0.2, -0.15) is 4.98 Å². The predicted octanol–water partition coefficient (Wildman–Crippen LogP) is 4.25. The van der Waals surface area contributed by atoms with Crippen LogP contribution in [0.1, 0.15) is 31.9 Å². The summed E-state index contributed by atoms with van der Waals surface area (Å²) in [5.74, 6) is 1.68. The van der Waals surface area contributed by atoms with Crippen molar-refractivity contribution in [3.8, 4) is 17.5 Å². The summed E-state index contributed by atoms with van der Waals surface area (Å²) in [5.41, 5.74) is 8.17. The van der Waals surface area contributed by atoms with Crippen molar-refractivity contribution in [1.29, 1.82) is 0 Å². The molecule has 0 fully saturated rings. The first kappa shape index (κ1) is 15.2. The van der Waals surface area contributed by atoms with E-state index in [9.17, 15) is 0 Å². The van der Waals surface area contributed by atoms with Gasteiger partial charge in [-0.25, -0.2) is 0 Å². The highest BCUT2D eigenvalue weighted by molar-refractivity contribution is 5.50. The number of hydrogen-bond donors (Lipinski definition) is 1. The van der Waals surface area contributed by atoms with Crippen LogP contribution in [0.25, 0.3) is 0 Å². The quantitative estimate of drug-likeness (QED) is 0.916. The Labute approximate surface area is 125 Å². The van der Waals surface area contributed by atoms with Crippen LogP contribution in [0.3, 0.4) is 0 Å². The van der Waals surface area contributed by atoms with Gasteiger partial charge in [-0.3, -0.25) is 0 Å². The molecule has 2 N–H and O–H groups in total. The minimum atomic E-state index is -0.363. The topological polar surface area (TPSA) is 57.4 Å². The van der Waals surface area contributed by atoms with E-state index in [1.807, 2.05) is 52.8 Å². The van der Waals surface area contributed by atoms with Crippen molar-refractivity contribution in [3.63, 3.8) is 0 Å². The maximum atomic E-state index is 5.91. The number of nitrogens with zero attached hydrogens (tertiary/aromatic N) is 1. The number of aryl methyl sites for hydroxylation is 2. The third-order valence-corrected chi connectivity index (χ3v) is 2.88. The fourth-order valence-electron chi connectivity index (χ4n) is 1.93. The molecular weight excluding hydrogens is 264 g/mol. The summed E-state index contributed by atoms with van der Waals surface area (Å²) < 4.78 is 11.7. The van der Waals surface area contributed by atoms with E-state index >= 15 is 0 Å². The van der Waals surface area contributed by atoms with Crippen molar-refractivity contribution in [2.24, 2.45) is 0 Å². The Morgan fingerprint density at radius 2 is 1.62 bits per heavy atom. The molecule has 0 unspecified atom stereocenters. The zero-order valence-corrected chi connectivity index (χ0v) is 13.2. The minimum absolute atomic E-state index is 0.363. The highest BCUT2D eigenvalue weighted by Gasteiger charge is 2.16. The lowest BCUT2D eigenvalue weighted by Crippen LogP contribution is -2.24. The van der Waals surface area contributed by atoms with Crippen LogP contribution < -0.4 is 15.2 Å². The van der Waals surface area contributed by atoms with Crippen LogP contribution in [-0.4, -0.2) is 10.6 Å². The zero-order chi connectivity index (χ0) is 15.6. The number of para-hydroxylation sites is 1. The minimum Gasteiger partial charge on any atom is -0.470 e. The Morgan fingerprint density at radius 1 is 1.00 bits per heavy atom. The van der Waals surface area contributed by atoms with Crippen molar-refractivity contribution in [2.75, 3.05) is 5.73 Å². The summed E-state index contributed by atoms with van der Waals surface area (Å²) in [6.45, 7) is 9.87. The number of hydrogen-bond acceptors (Lipinski definition) is 4. The average molecular weight is 286 g/mol. The van der Waals surface area contributed by atoms with Crippen LogP contribution in [0.2, 0.25) is 0 Å². The molecule has 0 saturated heterocycles. The fraction of sp³-hybridized carbons (Fsp3) is 0.353. The molecule has 2 aromatic rings. The summed E-state index contributed by atoms with van der Waals surface area (Å²) in [6.07, 6.45) is 0. The van der Waals surface area contributed by atoms with Crippen molar-refractivity contribution < 1.29 is 9.47 Å². The molecular formula is C17H22N2O2. The first-order valence-electron chi connectivity index (χ1n) is 6.96. The molecule has 0 aliphatic rings. The lowest BCUT2D eigenvalue weighted by atomic mass is 10.1. The monoisotopic (exact) mass is 286 g/mol. The molecule has 4 nitrogen and oxygen atoms in total. The summed E-state index contributed by atoms with van der Waals surface area (Å²) in [4.78, 5) is 4.37. The number of pyridine rings is 1. The van der Waals surface area contributed by atoms with Gasteiger partial charge in [0, 0.05) is 6.07 Å². The van der Waals surface area contributed by atoms with Crippen LogP contribution in [-0.2, 0) is 0 Å². The number of anilines is 1. The fourth-order valence-corrected chi connectivity index (χ4v) is 1.93. The molecule has 0 spiro atoms. The number of rotatable bonds is 3. The molecule has 1 aromatic carbocycles. The van der Waals surface area contributed by atoms with Gasteiger partial charge >= 0.3 is 0 Å². The van der Waals surface area contributed by atoms with Crippen LogP contribution in [0, 0.1) is 13.8 Å². The highest BCUT2D eigenvalue weighted by Crippen LogP contribution is 2.31. The SMILES string of the molecule is Cc1cccc(C)c1Oc1ccc(N)c(OC(C)(C)C)n1. The molecule has 0 bridgehead atoms. The number of nitrogen functional groups attached to an aromatic ring is 1. The molecule has 2 rings (SSSR count). The van der Waals surface area contributed by atoms with Gasteiger partial charge in [0.15, 0.2) is 0 Å². The molecule has 112 valence electrons. The Morgan fingerprint density at radius 3 is 2.19 bits per heavy atom. The average Bonchev–Trinajstić information content (AvgIpc) is 2.36. The van der Waals surface area contributed by atoms with E-state index in [0.717, 1.165) is 16.9 Å². The Bertz CT molecular complexity index is 625. The normalized spacial score (nSPS) is 11.3. The van der Waals surface area contributed by atoms with E-state index in [1.165, 1.54) is 0 Å². The molecule has 0 aliphatic heterocycles. The van der Waals surface area contributed by atoms with Crippen molar-refractivity contribution in [2.45, 2.75) is 40.2 Å². The molecule has 21 heavy (non-hydrogen) atoms. The van der Waals surface area contributed by atoms with Crippen LogP contribution in [0.5, 0.6) is 17.5 Å². The van der Waals surface area contributed by atoms with Crippen molar-refractivity contribution >= 4 is 5.69 Å². The number of benzene rings is 1. The third-order valence-electron chi connectivity index (χ3n) is 2.88. The molecule has 0 saturated carbocycles. The van der Waals surface area contributed by atoms with E-state index in [4.69, 9.17) is 15.2 Å². The number of ether oxygens (including phenoxy) is 2. The third kappa shape index (κ3) is 3.88. The molecule has 1 aromatic heterocycles. The van der Waals surface area contributed by atoms with Gasteiger partial charge in [-0.05, 0) is 51.8 Å². The van der Waals surface area contributed by atoms with Crippen LogP contribution in [0.4, 0.5) is 5.69 Å². The second-order valence-electron chi connectivity index (χ2n) is 6.08. The van der Waals surface area contributed by atoms with E-state index in [2.05, 4.69) is 4.98 Å². The van der Waals surface area contributed by atoms with E-state index < -0.39 is 0 Å². The predicted molar refractivity (Wildman–Crippen MR) is 85.0 cm³/mol. The van der Waals surface area contributed by atoms with Crippen molar-refractivity contribution in [1.82, 2.24) is 4.98 Å². The Kier molecular flexibility index (Phi) is 4.07. The molecule has 0 atom stereocenters. The first-order valence-corrected chi connectivity index (χ1v) is 6.96. The first-order chi connectivity index (χ1) is 9.76.